The molecule has 5 heteroatoms. The third-order valence-corrected chi connectivity index (χ3v) is 3.30. The van der Waals surface area contributed by atoms with E-state index in [1.54, 1.807) is 18.2 Å². The standard InChI is InChI=1S/C14H12Cl2N2O/c15-10-7-5-9(6-8-10)13(18-14(17)19)11-3-1-2-4-12(11)16/h1-8,13H,(H3,17,18,19)/t13-/m1/s1. The van der Waals surface area contributed by atoms with Gasteiger partial charge >= 0.3 is 6.03 Å². The second-order valence-electron chi connectivity index (χ2n) is 4.01. The van der Waals surface area contributed by atoms with Crippen LogP contribution in [-0.4, -0.2) is 6.03 Å². The van der Waals surface area contributed by atoms with E-state index in [2.05, 4.69) is 5.32 Å². The fraction of sp³-hybridized carbons (Fsp3) is 0.0714. The topological polar surface area (TPSA) is 55.1 Å². The molecule has 0 spiro atoms. The first-order chi connectivity index (χ1) is 9.08. The second kappa shape index (κ2) is 5.95. The molecule has 1 atom stereocenters. The summed E-state index contributed by atoms with van der Waals surface area (Å²) in [6.07, 6.45) is 0. The van der Waals surface area contributed by atoms with Crippen molar-refractivity contribution in [2.45, 2.75) is 6.04 Å². The van der Waals surface area contributed by atoms with Gasteiger partial charge < -0.3 is 11.1 Å². The van der Waals surface area contributed by atoms with Crippen LogP contribution in [0.25, 0.3) is 0 Å². The molecule has 0 fully saturated rings. The number of hydrogen-bond donors (Lipinski definition) is 2. The maximum Gasteiger partial charge on any atom is 0.312 e. The van der Waals surface area contributed by atoms with E-state index >= 15 is 0 Å². The number of nitrogens with one attached hydrogen (secondary N) is 1. The molecule has 0 aliphatic carbocycles. The third kappa shape index (κ3) is 3.40. The lowest BCUT2D eigenvalue weighted by Gasteiger charge is -2.19. The van der Waals surface area contributed by atoms with Crippen LogP contribution in [-0.2, 0) is 0 Å². The van der Waals surface area contributed by atoms with Gasteiger partial charge in [-0.3, -0.25) is 0 Å². The molecule has 0 unspecified atom stereocenters. The van der Waals surface area contributed by atoms with Crippen molar-refractivity contribution < 1.29 is 4.79 Å². The minimum absolute atomic E-state index is 0.400. The van der Waals surface area contributed by atoms with E-state index in [0.717, 1.165) is 11.1 Å². The van der Waals surface area contributed by atoms with Gasteiger partial charge in [-0.25, -0.2) is 4.79 Å². The van der Waals surface area contributed by atoms with Gasteiger partial charge in [0.15, 0.2) is 0 Å². The summed E-state index contributed by atoms with van der Waals surface area (Å²) in [6.45, 7) is 0. The maximum absolute atomic E-state index is 11.2. The smallest absolute Gasteiger partial charge is 0.312 e. The van der Waals surface area contributed by atoms with Crippen molar-refractivity contribution in [1.82, 2.24) is 5.32 Å². The van der Waals surface area contributed by atoms with Gasteiger partial charge in [-0.2, -0.15) is 0 Å². The first-order valence-corrected chi connectivity index (χ1v) is 6.39. The number of halogens is 2. The van der Waals surface area contributed by atoms with E-state index in [1.807, 2.05) is 30.3 Å². The van der Waals surface area contributed by atoms with Crippen LogP contribution in [0.5, 0.6) is 0 Å². The van der Waals surface area contributed by atoms with Gasteiger partial charge in [0.25, 0.3) is 0 Å². The Morgan fingerprint density at radius 1 is 1.05 bits per heavy atom. The molecule has 2 aromatic carbocycles. The SMILES string of the molecule is NC(=O)N[C@H](c1ccc(Cl)cc1)c1ccccc1Cl. The number of benzene rings is 2. The van der Waals surface area contributed by atoms with Crippen molar-refractivity contribution in [3.8, 4) is 0 Å². The number of primary amides is 1. The van der Waals surface area contributed by atoms with E-state index in [0.29, 0.717) is 10.0 Å². The highest BCUT2D eigenvalue weighted by molar-refractivity contribution is 6.31. The molecule has 0 aromatic heterocycles. The first-order valence-electron chi connectivity index (χ1n) is 5.64. The summed E-state index contributed by atoms with van der Waals surface area (Å²) < 4.78 is 0. The summed E-state index contributed by atoms with van der Waals surface area (Å²) in [6, 6.07) is 13.4. The first kappa shape index (κ1) is 13.7. The number of carbonyl (C=O) groups is 1. The van der Waals surface area contributed by atoms with Crippen LogP contribution in [0.3, 0.4) is 0 Å². The molecule has 0 saturated heterocycles. The lowest BCUT2D eigenvalue weighted by molar-refractivity contribution is 0.247. The van der Waals surface area contributed by atoms with Crippen LogP contribution in [0.1, 0.15) is 17.2 Å². The molecule has 0 bridgehead atoms. The highest BCUT2D eigenvalue weighted by atomic mass is 35.5. The summed E-state index contributed by atoms with van der Waals surface area (Å²) >= 11 is 12.0. The normalized spacial score (nSPS) is 11.9. The third-order valence-electron chi connectivity index (χ3n) is 2.71. The van der Waals surface area contributed by atoms with Gasteiger partial charge in [-0.15, -0.1) is 0 Å². The van der Waals surface area contributed by atoms with Crippen LogP contribution in [0.2, 0.25) is 10.0 Å². The summed E-state index contributed by atoms with van der Waals surface area (Å²) in [4.78, 5) is 11.2. The zero-order chi connectivity index (χ0) is 13.8. The van der Waals surface area contributed by atoms with Gasteiger partial charge in [-0.05, 0) is 29.3 Å². The molecule has 0 saturated carbocycles. The molecular weight excluding hydrogens is 283 g/mol. The predicted molar refractivity (Wildman–Crippen MR) is 77.5 cm³/mol. The number of carbonyl (C=O) groups excluding carboxylic acids is 1. The van der Waals surface area contributed by atoms with Crippen molar-refractivity contribution in [3.63, 3.8) is 0 Å². The van der Waals surface area contributed by atoms with Crippen LogP contribution in [0, 0.1) is 0 Å². The highest BCUT2D eigenvalue weighted by Crippen LogP contribution is 2.28. The molecule has 0 heterocycles. The van der Waals surface area contributed by atoms with Gasteiger partial charge in [0.05, 0.1) is 6.04 Å². The Kier molecular flexibility index (Phi) is 4.30. The Morgan fingerprint density at radius 3 is 2.26 bits per heavy atom. The molecule has 3 N–H and O–H groups in total. The monoisotopic (exact) mass is 294 g/mol. The molecule has 2 amide bonds. The van der Waals surface area contributed by atoms with Crippen molar-refractivity contribution in [2.75, 3.05) is 0 Å². The van der Waals surface area contributed by atoms with Crippen molar-refractivity contribution in [1.29, 1.82) is 0 Å². The number of nitrogens with two attached hydrogens (primary N) is 1. The fourth-order valence-electron chi connectivity index (χ4n) is 1.85. The van der Waals surface area contributed by atoms with E-state index in [1.165, 1.54) is 0 Å². The Bertz CT molecular complexity index is 584. The maximum atomic E-state index is 11.2. The fourth-order valence-corrected chi connectivity index (χ4v) is 2.22. The Balaban J connectivity index is 2.44. The van der Waals surface area contributed by atoms with Gasteiger partial charge in [-0.1, -0.05) is 53.5 Å². The van der Waals surface area contributed by atoms with Gasteiger partial charge in [0.2, 0.25) is 0 Å². The molecular formula is C14H12Cl2N2O. The van der Waals surface area contributed by atoms with Crippen LogP contribution in [0.15, 0.2) is 48.5 Å². The Labute approximate surface area is 121 Å². The number of hydrogen-bond acceptors (Lipinski definition) is 1. The molecule has 19 heavy (non-hydrogen) atoms. The zero-order valence-electron chi connectivity index (χ0n) is 9.94. The number of urea groups is 1. The molecule has 98 valence electrons. The van der Waals surface area contributed by atoms with E-state index in [4.69, 9.17) is 28.9 Å². The van der Waals surface area contributed by atoms with Crippen LogP contribution >= 0.6 is 23.2 Å². The average Bonchev–Trinajstić information content (AvgIpc) is 2.38. The highest BCUT2D eigenvalue weighted by Gasteiger charge is 2.17. The van der Waals surface area contributed by atoms with E-state index < -0.39 is 12.1 Å². The largest absolute Gasteiger partial charge is 0.352 e. The lowest BCUT2D eigenvalue weighted by Crippen LogP contribution is -2.33. The molecule has 2 rings (SSSR count). The Hall–Kier alpha value is -1.71. The Morgan fingerprint density at radius 2 is 1.68 bits per heavy atom. The van der Waals surface area contributed by atoms with Crippen LogP contribution in [0.4, 0.5) is 4.79 Å². The molecule has 2 aromatic rings. The second-order valence-corrected chi connectivity index (χ2v) is 4.86. The molecule has 3 nitrogen and oxygen atoms in total. The minimum Gasteiger partial charge on any atom is -0.352 e. The lowest BCUT2D eigenvalue weighted by atomic mass is 9.99. The average molecular weight is 295 g/mol. The summed E-state index contributed by atoms with van der Waals surface area (Å²) in [7, 11) is 0. The van der Waals surface area contributed by atoms with Crippen LogP contribution < -0.4 is 11.1 Å². The van der Waals surface area contributed by atoms with Crippen molar-refractivity contribution in [2.24, 2.45) is 5.73 Å². The van der Waals surface area contributed by atoms with Crippen molar-refractivity contribution in [3.05, 3.63) is 69.7 Å². The van der Waals surface area contributed by atoms with E-state index in [-0.39, 0.29) is 0 Å². The van der Waals surface area contributed by atoms with Crippen molar-refractivity contribution >= 4 is 29.2 Å². The summed E-state index contributed by atoms with van der Waals surface area (Å²) in [5.74, 6) is 0. The predicted octanol–water partition coefficient (Wildman–Crippen LogP) is 3.75. The summed E-state index contributed by atoms with van der Waals surface area (Å²) in [5, 5.41) is 3.88. The van der Waals surface area contributed by atoms with Gasteiger partial charge in [0, 0.05) is 10.0 Å². The number of amides is 2. The quantitative estimate of drug-likeness (QED) is 0.890. The number of rotatable bonds is 3. The van der Waals surface area contributed by atoms with E-state index in [9.17, 15) is 4.79 Å². The van der Waals surface area contributed by atoms with Gasteiger partial charge in [0.1, 0.15) is 0 Å². The minimum atomic E-state index is -0.611. The molecule has 0 aliphatic rings. The summed E-state index contributed by atoms with van der Waals surface area (Å²) in [5.41, 5.74) is 6.87. The molecule has 0 aliphatic heterocycles. The zero-order valence-corrected chi connectivity index (χ0v) is 11.4. The molecule has 0 radical (unpaired) electrons.